The first-order valence-electron chi connectivity index (χ1n) is 7.83. The molecule has 0 bridgehead atoms. The number of ether oxygens (including phenoxy) is 1. The first-order valence-corrected chi connectivity index (χ1v) is 8.98. The van der Waals surface area contributed by atoms with E-state index >= 15 is 0 Å². The summed E-state index contributed by atoms with van der Waals surface area (Å²) in [5, 5.41) is 3.74. The van der Waals surface area contributed by atoms with Crippen LogP contribution in [0.15, 0.2) is 24.3 Å². The maximum absolute atomic E-state index is 6.08. The third-order valence-corrected chi connectivity index (χ3v) is 5.81. The van der Waals surface area contributed by atoms with Crippen LogP contribution in [-0.2, 0) is 17.7 Å². The van der Waals surface area contributed by atoms with Gasteiger partial charge in [-0.1, -0.05) is 31.2 Å². The molecule has 0 aliphatic carbocycles. The summed E-state index contributed by atoms with van der Waals surface area (Å²) in [5.74, 6) is 2.46. The normalized spacial score (nSPS) is 29.9. The van der Waals surface area contributed by atoms with Crippen LogP contribution in [0.25, 0.3) is 0 Å². The molecule has 0 radical (unpaired) electrons. The Morgan fingerprint density at radius 3 is 2.80 bits per heavy atom. The van der Waals surface area contributed by atoms with Crippen LogP contribution in [0.5, 0.6) is 0 Å². The van der Waals surface area contributed by atoms with Crippen molar-refractivity contribution in [3.05, 3.63) is 35.4 Å². The van der Waals surface area contributed by atoms with Crippen molar-refractivity contribution in [2.75, 3.05) is 18.1 Å². The molecule has 2 fully saturated rings. The van der Waals surface area contributed by atoms with E-state index in [1.807, 2.05) is 11.8 Å². The zero-order valence-electron chi connectivity index (χ0n) is 12.4. The van der Waals surface area contributed by atoms with Crippen LogP contribution in [-0.4, -0.2) is 29.8 Å². The molecule has 0 amide bonds. The van der Waals surface area contributed by atoms with Gasteiger partial charge in [-0.2, -0.15) is 11.8 Å². The predicted molar refractivity (Wildman–Crippen MR) is 86.3 cm³/mol. The average molecular weight is 291 g/mol. The standard InChI is InChI=1S/C17H25NOS/c1-2-14-3-5-15(6-4-14)12-18-16-7-9-19-17(11-16)8-10-20-13-17/h3-6,16,18H,2,7-13H2,1H3. The fourth-order valence-corrected chi connectivity index (χ4v) is 4.60. The Morgan fingerprint density at radius 2 is 2.10 bits per heavy atom. The van der Waals surface area contributed by atoms with Crippen LogP contribution in [0.4, 0.5) is 0 Å². The zero-order valence-corrected chi connectivity index (χ0v) is 13.2. The molecular weight excluding hydrogens is 266 g/mol. The summed E-state index contributed by atoms with van der Waals surface area (Å²) in [5.41, 5.74) is 3.00. The van der Waals surface area contributed by atoms with E-state index in [-0.39, 0.29) is 5.60 Å². The highest BCUT2D eigenvalue weighted by molar-refractivity contribution is 7.99. The highest BCUT2D eigenvalue weighted by atomic mass is 32.2. The first kappa shape index (κ1) is 14.4. The van der Waals surface area contributed by atoms with Crippen LogP contribution >= 0.6 is 11.8 Å². The summed E-state index contributed by atoms with van der Waals surface area (Å²) in [6, 6.07) is 9.62. The van der Waals surface area contributed by atoms with Crippen molar-refractivity contribution < 1.29 is 4.74 Å². The highest BCUT2D eigenvalue weighted by Crippen LogP contribution is 2.38. The topological polar surface area (TPSA) is 21.3 Å². The summed E-state index contributed by atoms with van der Waals surface area (Å²) < 4.78 is 6.08. The molecule has 1 N–H and O–H groups in total. The van der Waals surface area contributed by atoms with Crippen LogP contribution in [0.2, 0.25) is 0 Å². The Balaban J connectivity index is 1.52. The molecule has 2 unspecified atom stereocenters. The van der Waals surface area contributed by atoms with Gasteiger partial charge < -0.3 is 10.1 Å². The van der Waals surface area contributed by atoms with Crippen molar-refractivity contribution in [1.29, 1.82) is 0 Å². The van der Waals surface area contributed by atoms with Crippen LogP contribution in [0, 0.1) is 0 Å². The van der Waals surface area contributed by atoms with E-state index in [0.29, 0.717) is 6.04 Å². The minimum absolute atomic E-state index is 0.187. The number of benzene rings is 1. The molecule has 2 aliphatic heterocycles. The number of thioether (sulfide) groups is 1. The van der Waals surface area contributed by atoms with Crippen molar-refractivity contribution in [2.24, 2.45) is 0 Å². The van der Waals surface area contributed by atoms with E-state index in [1.54, 1.807) is 0 Å². The molecule has 2 atom stereocenters. The maximum Gasteiger partial charge on any atom is 0.0795 e. The summed E-state index contributed by atoms with van der Waals surface area (Å²) in [7, 11) is 0. The Bertz CT molecular complexity index is 425. The molecule has 2 nitrogen and oxygen atoms in total. The number of hydrogen-bond acceptors (Lipinski definition) is 3. The third kappa shape index (κ3) is 3.38. The molecule has 1 spiro atoms. The van der Waals surface area contributed by atoms with Gasteiger partial charge in [-0.25, -0.2) is 0 Å². The molecule has 2 aliphatic rings. The van der Waals surface area contributed by atoms with Gasteiger partial charge >= 0.3 is 0 Å². The lowest BCUT2D eigenvalue weighted by Crippen LogP contribution is -2.47. The second kappa shape index (κ2) is 6.50. The van der Waals surface area contributed by atoms with Gasteiger partial charge in [0.15, 0.2) is 0 Å². The average Bonchev–Trinajstić information content (AvgIpc) is 2.93. The predicted octanol–water partition coefficient (Wildman–Crippen LogP) is 3.39. The Kier molecular flexibility index (Phi) is 4.69. The van der Waals surface area contributed by atoms with Crippen molar-refractivity contribution in [2.45, 2.75) is 50.8 Å². The molecule has 110 valence electrons. The van der Waals surface area contributed by atoms with Gasteiger partial charge in [-0.3, -0.25) is 0 Å². The second-order valence-electron chi connectivity index (χ2n) is 6.07. The van der Waals surface area contributed by atoms with Gasteiger partial charge in [0.2, 0.25) is 0 Å². The smallest absolute Gasteiger partial charge is 0.0795 e. The summed E-state index contributed by atoms with van der Waals surface area (Å²) in [6.45, 7) is 4.11. The molecule has 0 aromatic heterocycles. The summed E-state index contributed by atoms with van der Waals surface area (Å²) in [6.07, 6.45) is 4.70. The number of aryl methyl sites for hydroxylation is 1. The van der Waals surface area contributed by atoms with Gasteiger partial charge in [0, 0.05) is 24.9 Å². The van der Waals surface area contributed by atoms with Gasteiger partial charge in [-0.15, -0.1) is 0 Å². The summed E-state index contributed by atoms with van der Waals surface area (Å²) in [4.78, 5) is 0. The van der Waals surface area contributed by atoms with Crippen molar-refractivity contribution in [3.63, 3.8) is 0 Å². The molecule has 1 aromatic rings. The molecule has 1 aromatic carbocycles. The van der Waals surface area contributed by atoms with E-state index < -0.39 is 0 Å². The lowest BCUT2D eigenvalue weighted by Gasteiger charge is -2.38. The summed E-state index contributed by atoms with van der Waals surface area (Å²) >= 11 is 2.05. The Morgan fingerprint density at radius 1 is 1.30 bits per heavy atom. The minimum Gasteiger partial charge on any atom is -0.374 e. The number of nitrogens with one attached hydrogen (secondary N) is 1. The monoisotopic (exact) mass is 291 g/mol. The van der Waals surface area contributed by atoms with E-state index in [1.165, 1.54) is 35.5 Å². The first-order chi connectivity index (χ1) is 9.80. The Hall–Kier alpha value is -0.510. The molecule has 2 saturated heterocycles. The Labute approximate surface area is 126 Å². The van der Waals surface area contributed by atoms with Gasteiger partial charge in [-0.05, 0) is 42.6 Å². The minimum atomic E-state index is 0.187. The molecule has 2 heterocycles. The lowest BCUT2D eigenvalue weighted by atomic mass is 9.90. The second-order valence-corrected chi connectivity index (χ2v) is 7.18. The van der Waals surface area contributed by atoms with Crippen molar-refractivity contribution >= 4 is 11.8 Å². The lowest BCUT2D eigenvalue weighted by molar-refractivity contribution is -0.0703. The van der Waals surface area contributed by atoms with E-state index in [0.717, 1.165) is 26.0 Å². The van der Waals surface area contributed by atoms with E-state index in [4.69, 9.17) is 4.74 Å². The molecule has 20 heavy (non-hydrogen) atoms. The number of hydrogen-bond donors (Lipinski definition) is 1. The molecule has 3 heteroatoms. The fraction of sp³-hybridized carbons (Fsp3) is 0.647. The largest absolute Gasteiger partial charge is 0.374 e. The van der Waals surface area contributed by atoms with Gasteiger partial charge in [0.25, 0.3) is 0 Å². The molecular formula is C17H25NOS. The van der Waals surface area contributed by atoms with Crippen molar-refractivity contribution in [1.82, 2.24) is 5.32 Å². The number of rotatable bonds is 4. The maximum atomic E-state index is 6.08. The van der Waals surface area contributed by atoms with Crippen LogP contribution in [0.3, 0.4) is 0 Å². The quantitative estimate of drug-likeness (QED) is 0.919. The SMILES string of the molecule is CCc1ccc(CNC2CCOC3(CCSC3)C2)cc1. The van der Waals surface area contributed by atoms with Crippen LogP contribution < -0.4 is 5.32 Å². The van der Waals surface area contributed by atoms with Crippen LogP contribution in [0.1, 0.15) is 37.3 Å². The molecule has 0 saturated carbocycles. The van der Waals surface area contributed by atoms with E-state index in [9.17, 15) is 0 Å². The third-order valence-electron chi connectivity index (χ3n) is 4.59. The van der Waals surface area contributed by atoms with Crippen molar-refractivity contribution in [3.8, 4) is 0 Å². The van der Waals surface area contributed by atoms with E-state index in [2.05, 4.69) is 36.5 Å². The fourth-order valence-electron chi connectivity index (χ4n) is 3.22. The highest BCUT2D eigenvalue weighted by Gasteiger charge is 2.40. The zero-order chi connectivity index (χ0) is 13.8. The van der Waals surface area contributed by atoms with Gasteiger partial charge in [0.1, 0.15) is 0 Å². The van der Waals surface area contributed by atoms with Gasteiger partial charge in [0.05, 0.1) is 5.60 Å². The molecule has 3 rings (SSSR count).